The molecule has 6 heteroatoms. The van der Waals surface area contributed by atoms with Gasteiger partial charge in [0.25, 0.3) is 0 Å². The van der Waals surface area contributed by atoms with Gasteiger partial charge in [0.05, 0.1) is 26.0 Å². The van der Waals surface area contributed by atoms with Crippen molar-refractivity contribution in [1.82, 2.24) is 4.98 Å². The molecule has 0 aliphatic carbocycles. The van der Waals surface area contributed by atoms with Crippen LogP contribution < -0.4 is 5.32 Å². The Balaban J connectivity index is 2.03. The van der Waals surface area contributed by atoms with E-state index in [0.717, 1.165) is 5.03 Å². The zero-order chi connectivity index (χ0) is 14.5. The van der Waals surface area contributed by atoms with Crippen LogP contribution in [-0.2, 0) is 4.79 Å². The average Bonchev–Trinajstić information content (AvgIpc) is 2.45. The number of anilines is 1. The molecule has 2 rings (SSSR count). The van der Waals surface area contributed by atoms with Gasteiger partial charge in [-0.1, -0.05) is 47.1 Å². The molecule has 0 saturated carbocycles. The van der Waals surface area contributed by atoms with Crippen molar-refractivity contribution in [1.29, 1.82) is 0 Å². The SMILES string of the molecule is C[C@H](Sc1ccccn1)C(=O)Nc1cccc(Cl)c1Cl. The minimum absolute atomic E-state index is 0.148. The third-order valence-electron chi connectivity index (χ3n) is 2.51. The van der Waals surface area contributed by atoms with Crippen molar-refractivity contribution >= 4 is 46.6 Å². The molecule has 1 aromatic heterocycles. The van der Waals surface area contributed by atoms with Crippen LogP contribution in [0, 0.1) is 0 Å². The molecule has 1 aromatic carbocycles. The van der Waals surface area contributed by atoms with Gasteiger partial charge in [0.2, 0.25) is 5.91 Å². The van der Waals surface area contributed by atoms with Crippen molar-refractivity contribution in [2.45, 2.75) is 17.2 Å². The second-order valence-electron chi connectivity index (χ2n) is 4.02. The Morgan fingerprint density at radius 1 is 1.25 bits per heavy atom. The van der Waals surface area contributed by atoms with Gasteiger partial charge in [-0.15, -0.1) is 0 Å². The zero-order valence-electron chi connectivity index (χ0n) is 10.6. The molecule has 0 radical (unpaired) electrons. The van der Waals surface area contributed by atoms with Gasteiger partial charge in [-0.3, -0.25) is 4.79 Å². The van der Waals surface area contributed by atoms with Gasteiger partial charge < -0.3 is 5.32 Å². The van der Waals surface area contributed by atoms with E-state index in [1.807, 2.05) is 25.1 Å². The minimum Gasteiger partial charge on any atom is -0.324 e. The third kappa shape index (κ3) is 3.88. The first-order valence-electron chi connectivity index (χ1n) is 5.90. The first-order chi connectivity index (χ1) is 9.58. The molecule has 1 N–H and O–H groups in total. The summed E-state index contributed by atoms with van der Waals surface area (Å²) in [6.07, 6.45) is 1.70. The molecule has 2 aromatic rings. The molecular formula is C14H12Cl2N2OS. The predicted octanol–water partition coefficient (Wildman–Crippen LogP) is 4.51. The maximum Gasteiger partial charge on any atom is 0.237 e. The first kappa shape index (κ1) is 15.2. The number of hydrogen-bond acceptors (Lipinski definition) is 3. The van der Waals surface area contributed by atoms with Crippen LogP contribution in [0.3, 0.4) is 0 Å². The summed E-state index contributed by atoms with van der Waals surface area (Å²) in [5.41, 5.74) is 0.512. The van der Waals surface area contributed by atoms with Crippen LogP contribution in [0.1, 0.15) is 6.92 Å². The Kier molecular flexibility index (Phi) is 5.29. The molecule has 3 nitrogen and oxygen atoms in total. The van der Waals surface area contributed by atoms with Crippen LogP contribution in [0.5, 0.6) is 0 Å². The van der Waals surface area contributed by atoms with Crippen molar-refractivity contribution in [2.75, 3.05) is 5.32 Å². The Morgan fingerprint density at radius 3 is 2.75 bits per heavy atom. The molecular weight excluding hydrogens is 315 g/mol. The van der Waals surface area contributed by atoms with Crippen LogP contribution in [0.25, 0.3) is 0 Å². The van der Waals surface area contributed by atoms with E-state index in [0.29, 0.717) is 15.7 Å². The summed E-state index contributed by atoms with van der Waals surface area (Å²) >= 11 is 13.3. The lowest BCUT2D eigenvalue weighted by atomic mass is 10.3. The number of aromatic nitrogens is 1. The zero-order valence-corrected chi connectivity index (χ0v) is 13.0. The largest absolute Gasteiger partial charge is 0.324 e. The van der Waals surface area contributed by atoms with Gasteiger partial charge in [-0.2, -0.15) is 0 Å². The van der Waals surface area contributed by atoms with Crippen LogP contribution in [-0.4, -0.2) is 16.1 Å². The van der Waals surface area contributed by atoms with Crippen LogP contribution in [0.2, 0.25) is 10.0 Å². The number of rotatable bonds is 4. The molecule has 0 fully saturated rings. The number of benzene rings is 1. The van der Waals surface area contributed by atoms with Gasteiger partial charge in [0.1, 0.15) is 0 Å². The highest BCUT2D eigenvalue weighted by Crippen LogP contribution is 2.30. The first-order valence-corrected chi connectivity index (χ1v) is 7.54. The van der Waals surface area contributed by atoms with E-state index in [-0.39, 0.29) is 11.2 Å². The lowest BCUT2D eigenvalue weighted by molar-refractivity contribution is -0.115. The van der Waals surface area contributed by atoms with Crippen LogP contribution in [0.4, 0.5) is 5.69 Å². The fourth-order valence-electron chi connectivity index (χ4n) is 1.49. The van der Waals surface area contributed by atoms with Gasteiger partial charge in [0, 0.05) is 6.20 Å². The van der Waals surface area contributed by atoms with Crippen LogP contribution in [0.15, 0.2) is 47.6 Å². The van der Waals surface area contributed by atoms with Gasteiger partial charge in [-0.25, -0.2) is 4.98 Å². The molecule has 0 bridgehead atoms. The molecule has 1 heterocycles. The predicted molar refractivity (Wildman–Crippen MR) is 84.6 cm³/mol. The fraction of sp³-hybridized carbons (Fsp3) is 0.143. The van der Waals surface area contributed by atoms with E-state index >= 15 is 0 Å². The smallest absolute Gasteiger partial charge is 0.237 e. The van der Waals surface area contributed by atoms with Crippen molar-refractivity contribution in [3.8, 4) is 0 Å². The highest BCUT2D eigenvalue weighted by molar-refractivity contribution is 8.00. The van der Waals surface area contributed by atoms with Gasteiger partial charge in [0.15, 0.2) is 0 Å². The summed E-state index contributed by atoms with van der Waals surface area (Å²) in [6.45, 7) is 1.81. The molecule has 20 heavy (non-hydrogen) atoms. The molecule has 0 aliphatic rings. The summed E-state index contributed by atoms with van der Waals surface area (Å²) in [5.74, 6) is -0.148. The highest BCUT2D eigenvalue weighted by Gasteiger charge is 2.16. The van der Waals surface area contributed by atoms with E-state index in [4.69, 9.17) is 23.2 Å². The third-order valence-corrected chi connectivity index (χ3v) is 4.38. The minimum atomic E-state index is -0.292. The Morgan fingerprint density at radius 2 is 2.05 bits per heavy atom. The lowest BCUT2D eigenvalue weighted by Crippen LogP contribution is -2.22. The highest BCUT2D eigenvalue weighted by atomic mass is 35.5. The number of hydrogen-bond donors (Lipinski definition) is 1. The Labute approximate surface area is 131 Å². The van der Waals surface area contributed by atoms with Gasteiger partial charge >= 0.3 is 0 Å². The molecule has 0 unspecified atom stereocenters. The molecule has 104 valence electrons. The lowest BCUT2D eigenvalue weighted by Gasteiger charge is -2.12. The van der Waals surface area contributed by atoms with E-state index < -0.39 is 0 Å². The summed E-state index contributed by atoms with van der Waals surface area (Å²) in [4.78, 5) is 16.3. The number of pyridine rings is 1. The topological polar surface area (TPSA) is 42.0 Å². The molecule has 0 spiro atoms. The van der Waals surface area contributed by atoms with Gasteiger partial charge in [-0.05, 0) is 31.2 Å². The second kappa shape index (κ2) is 6.97. The quantitative estimate of drug-likeness (QED) is 0.840. The fourth-order valence-corrected chi connectivity index (χ4v) is 2.64. The molecule has 0 saturated heterocycles. The van der Waals surface area contributed by atoms with Crippen molar-refractivity contribution in [3.63, 3.8) is 0 Å². The normalized spacial score (nSPS) is 11.9. The number of carbonyl (C=O) groups is 1. The maximum absolute atomic E-state index is 12.1. The Bertz CT molecular complexity index is 607. The molecule has 1 atom stereocenters. The van der Waals surface area contributed by atoms with Crippen molar-refractivity contribution < 1.29 is 4.79 Å². The number of halogens is 2. The summed E-state index contributed by atoms with van der Waals surface area (Å²) in [6, 6.07) is 10.7. The summed E-state index contributed by atoms with van der Waals surface area (Å²) in [5, 5.41) is 4.03. The number of nitrogens with zero attached hydrogens (tertiary/aromatic N) is 1. The summed E-state index contributed by atoms with van der Waals surface area (Å²) in [7, 11) is 0. The molecule has 1 amide bonds. The van der Waals surface area contributed by atoms with Crippen molar-refractivity contribution in [3.05, 3.63) is 52.6 Å². The number of carbonyl (C=O) groups excluding carboxylic acids is 1. The monoisotopic (exact) mass is 326 g/mol. The standard InChI is InChI=1S/C14H12Cl2N2OS/c1-9(20-12-7-2-3-8-17-12)14(19)18-11-6-4-5-10(15)13(11)16/h2-9H,1H3,(H,18,19)/t9-/m0/s1. The van der Waals surface area contributed by atoms with E-state index in [1.165, 1.54) is 11.8 Å². The average molecular weight is 327 g/mol. The van der Waals surface area contributed by atoms with Crippen molar-refractivity contribution in [2.24, 2.45) is 0 Å². The van der Waals surface area contributed by atoms with E-state index in [1.54, 1.807) is 24.4 Å². The van der Waals surface area contributed by atoms with E-state index in [9.17, 15) is 4.79 Å². The van der Waals surface area contributed by atoms with Crippen LogP contribution >= 0.6 is 35.0 Å². The number of nitrogens with one attached hydrogen (secondary N) is 1. The summed E-state index contributed by atoms with van der Waals surface area (Å²) < 4.78 is 0. The number of amides is 1. The second-order valence-corrected chi connectivity index (χ2v) is 6.16. The maximum atomic E-state index is 12.1. The van der Waals surface area contributed by atoms with E-state index in [2.05, 4.69) is 10.3 Å². The molecule has 0 aliphatic heterocycles. The number of thioether (sulfide) groups is 1. The Hall–Kier alpha value is -1.23.